The van der Waals surface area contributed by atoms with Crippen molar-refractivity contribution in [2.45, 2.75) is 90.0 Å². The van der Waals surface area contributed by atoms with Gasteiger partial charge >= 0.3 is 0 Å². The molecule has 1 heterocycles. The molecule has 1 aromatic heterocycles. The van der Waals surface area contributed by atoms with Crippen LogP contribution < -0.4 is 15.8 Å². The van der Waals surface area contributed by atoms with Crippen LogP contribution in [-0.2, 0) is 11.3 Å². The van der Waals surface area contributed by atoms with E-state index in [9.17, 15) is 19.8 Å². The Bertz CT molecular complexity index is 989. The third-order valence-electron chi connectivity index (χ3n) is 9.31. The van der Waals surface area contributed by atoms with Crippen LogP contribution in [0.1, 0.15) is 76.6 Å². The molecule has 0 saturated heterocycles. The van der Waals surface area contributed by atoms with Crippen molar-refractivity contribution >= 4 is 11.8 Å². The first kappa shape index (κ1) is 23.6. The lowest BCUT2D eigenvalue weighted by atomic mass is 9.50. The van der Waals surface area contributed by atoms with Gasteiger partial charge in [0.1, 0.15) is 5.56 Å². The molecule has 9 nitrogen and oxygen atoms in total. The van der Waals surface area contributed by atoms with Gasteiger partial charge in [-0.1, -0.05) is 27.7 Å². The Morgan fingerprint density at radius 2 is 1.85 bits per heavy atom. The molecule has 2 amide bonds. The molecule has 0 aliphatic heterocycles. The molecule has 3 bridgehead atoms. The van der Waals surface area contributed by atoms with Crippen LogP contribution in [0.5, 0.6) is 5.88 Å². The number of hydrogen-bond donors (Lipinski definition) is 4. The lowest BCUT2D eigenvalue weighted by molar-refractivity contribution is -0.270. The number of hydrogen-bond acceptors (Lipinski definition) is 6. The van der Waals surface area contributed by atoms with Gasteiger partial charge in [-0.05, 0) is 49.9 Å². The normalized spacial score (nSPS) is 37.6. The lowest BCUT2D eigenvalue weighted by Crippen LogP contribution is -2.69. The van der Waals surface area contributed by atoms with Crippen LogP contribution in [0.15, 0.2) is 6.20 Å². The monoisotopic (exact) mass is 474 g/mol. The van der Waals surface area contributed by atoms with Gasteiger partial charge < -0.3 is 26.0 Å². The highest BCUT2D eigenvalue weighted by Gasteiger charge is 2.82. The fourth-order valence-corrected chi connectivity index (χ4v) is 7.39. The Hall–Kier alpha value is -2.13. The number of nitrogens with one attached hydrogen (secondary N) is 1. The van der Waals surface area contributed by atoms with Gasteiger partial charge in [-0.15, -0.1) is 0 Å². The molecular weight excluding hydrogens is 436 g/mol. The quantitative estimate of drug-likeness (QED) is 0.429. The number of carbonyl (C=O) groups is 2. The number of aromatic nitrogens is 2. The van der Waals surface area contributed by atoms with Crippen molar-refractivity contribution in [3.8, 4) is 5.88 Å². The third kappa shape index (κ3) is 3.22. The molecule has 4 fully saturated rings. The summed E-state index contributed by atoms with van der Waals surface area (Å²) in [4.78, 5) is 25.2. The first-order chi connectivity index (χ1) is 15.8. The summed E-state index contributed by atoms with van der Waals surface area (Å²) in [6.07, 6.45) is 5.25. The maximum Gasteiger partial charge on any atom is 0.258 e. The zero-order valence-corrected chi connectivity index (χ0v) is 20.6. The van der Waals surface area contributed by atoms with Crippen molar-refractivity contribution in [2.75, 3.05) is 6.61 Å². The third-order valence-corrected chi connectivity index (χ3v) is 9.31. The molecule has 9 heteroatoms. The molecule has 34 heavy (non-hydrogen) atoms. The maximum atomic E-state index is 13.5. The number of aliphatic hydroxyl groups is 2. The predicted molar refractivity (Wildman–Crippen MR) is 124 cm³/mol. The van der Waals surface area contributed by atoms with Gasteiger partial charge in [0.15, 0.2) is 0 Å². The van der Waals surface area contributed by atoms with Crippen LogP contribution >= 0.6 is 0 Å². The maximum absolute atomic E-state index is 13.5. The number of amides is 2. The van der Waals surface area contributed by atoms with E-state index in [4.69, 9.17) is 10.5 Å². The minimum absolute atomic E-state index is 0.0842. The molecule has 5 N–H and O–H groups in total. The van der Waals surface area contributed by atoms with Crippen molar-refractivity contribution in [3.63, 3.8) is 0 Å². The molecule has 0 aromatic carbocycles. The fourth-order valence-electron chi connectivity index (χ4n) is 7.39. The first-order valence-electron chi connectivity index (χ1n) is 12.5. The number of primary amides is 1. The fraction of sp³-hybridized carbons (Fsp3) is 0.800. The van der Waals surface area contributed by atoms with E-state index in [0.29, 0.717) is 50.3 Å². The Morgan fingerprint density at radius 1 is 1.24 bits per heavy atom. The highest BCUT2D eigenvalue weighted by molar-refractivity contribution is 5.96. The topological polar surface area (TPSA) is 140 Å². The van der Waals surface area contributed by atoms with Gasteiger partial charge in [0.2, 0.25) is 11.8 Å². The molecular formula is C25H38N4O5. The second kappa shape index (κ2) is 7.43. The van der Waals surface area contributed by atoms with Crippen LogP contribution in [0, 0.1) is 28.6 Å². The minimum Gasteiger partial charge on any atom is -0.477 e. The number of nitrogens with two attached hydrogens (primary N) is 1. The Balaban J connectivity index is 1.35. The molecule has 188 valence electrons. The second-order valence-electron chi connectivity index (χ2n) is 12.4. The molecule has 5 rings (SSSR count). The largest absolute Gasteiger partial charge is 0.477 e. The van der Waals surface area contributed by atoms with E-state index in [1.54, 1.807) is 18.5 Å². The van der Waals surface area contributed by atoms with Crippen molar-refractivity contribution in [2.24, 2.45) is 34.3 Å². The molecule has 4 saturated carbocycles. The first-order valence-corrected chi connectivity index (χ1v) is 12.5. The summed E-state index contributed by atoms with van der Waals surface area (Å²) < 4.78 is 7.67. The molecule has 1 spiro atoms. The smallest absolute Gasteiger partial charge is 0.258 e. The predicted octanol–water partition coefficient (Wildman–Crippen LogP) is 1.60. The van der Waals surface area contributed by atoms with Crippen molar-refractivity contribution in [1.29, 1.82) is 0 Å². The van der Waals surface area contributed by atoms with E-state index in [1.165, 1.54) is 6.20 Å². The number of nitrogens with zero attached hydrogens (tertiary/aromatic N) is 2. The summed E-state index contributed by atoms with van der Waals surface area (Å²) in [7, 11) is 0. The van der Waals surface area contributed by atoms with E-state index in [2.05, 4.69) is 10.4 Å². The second-order valence-corrected chi connectivity index (χ2v) is 12.4. The van der Waals surface area contributed by atoms with Gasteiger partial charge in [0.25, 0.3) is 5.91 Å². The number of carbonyl (C=O) groups excluding carboxylic acids is 2. The summed E-state index contributed by atoms with van der Waals surface area (Å²) in [6, 6.07) is -0.0842. The van der Waals surface area contributed by atoms with E-state index in [-0.39, 0.29) is 41.0 Å². The van der Waals surface area contributed by atoms with E-state index < -0.39 is 16.6 Å². The van der Waals surface area contributed by atoms with Crippen LogP contribution in [0.25, 0.3) is 0 Å². The van der Waals surface area contributed by atoms with E-state index in [1.807, 2.05) is 13.8 Å². The number of ether oxygens (including phenoxy) is 1. The van der Waals surface area contributed by atoms with Gasteiger partial charge in [-0.25, -0.2) is 4.68 Å². The standard InChI is InChI=1S/C25H38N4O5/c1-14(2)12-34-20-17(11-27-29(20)6-5-22(3,4)21(26)31)19(30)28-18-15-7-23-8-16(18)10-25(23,33)13-24(23,32)9-15/h11,14-16,18,32-33H,5-10,12-13H2,1-4H3,(H2,26,31)(H,28,30). The summed E-state index contributed by atoms with van der Waals surface area (Å²) >= 11 is 0. The number of aryl methyl sites for hydroxylation is 1. The van der Waals surface area contributed by atoms with Gasteiger partial charge in [-0.2, -0.15) is 5.10 Å². The Morgan fingerprint density at radius 3 is 2.41 bits per heavy atom. The highest BCUT2D eigenvalue weighted by Crippen LogP contribution is 2.78. The molecule has 4 atom stereocenters. The minimum atomic E-state index is -0.787. The summed E-state index contributed by atoms with van der Waals surface area (Å²) in [5.41, 5.74) is 3.23. The van der Waals surface area contributed by atoms with Crippen molar-refractivity contribution < 1.29 is 24.5 Å². The number of rotatable bonds is 9. The molecule has 1 aromatic rings. The van der Waals surface area contributed by atoms with Crippen LogP contribution in [0.2, 0.25) is 0 Å². The van der Waals surface area contributed by atoms with Crippen molar-refractivity contribution in [1.82, 2.24) is 15.1 Å². The average Bonchev–Trinajstić information content (AvgIpc) is 3.29. The summed E-state index contributed by atoms with van der Waals surface area (Å²) in [5, 5.41) is 29.9. The zero-order valence-electron chi connectivity index (χ0n) is 20.6. The summed E-state index contributed by atoms with van der Waals surface area (Å²) in [6.45, 7) is 8.48. The van der Waals surface area contributed by atoms with Crippen LogP contribution in [-0.4, -0.2) is 55.7 Å². The van der Waals surface area contributed by atoms with Crippen molar-refractivity contribution in [3.05, 3.63) is 11.8 Å². The lowest BCUT2D eigenvalue weighted by Gasteiger charge is -2.60. The SMILES string of the molecule is CC(C)COc1c(C(=O)NC2C3CC4(O)CC5(O)CC2CC45C3)cnn1CCC(C)(C)C(N)=O. The molecule has 4 unspecified atom stereocenters. The number of fused-ring (bicyclic) bond motifs is 2. The molecule has 0 radical (unpaired) electrons. The zero-order chi connectivity index (χ0) is 24.7. The van der Waals surface area contributed by atoms with Gasteiger partial charge in [-0.3, -0.25) is 9.59 Å². The van der Waals surface area contributed by atoms with E-state index in [0.717, 1.165) is 12.8 Å². The highest BCUT2D eigenvalue weighted by atomic mass is 16.5. The molecule has 4 aliphatic rings. The Labute approximate surface area is 200 Å². The summed E-state index contributed by atoms with van der Waals surface area (Å²) in [5.74, 6) is 0.354. The van der Waals surface area contributed by atoms with Gasteiger partial charge in [0.05, 0.1) is 24.0 Å². The van der Waals surface area contributed by atoms with Crippen LogP contribution in [0.4, 0.5) is 0 Å². The van der Waals surface area contributed by atoms with Gasteiger partial charge in [0, 0.05) is 29.8 Å². The van der Waals surface area contributed by atoms with E-state index >= 15 is 0 Å². The van der Waals surface area contributed by atoms with Crippen LogP contribution in [0.3, 0.4) is 0 Å². The molecule has 4 aliphatic carbocycles. The Kier molecular flexibility index (Phi) is 5.16. The average molecular weight is 475 g/mol.